The second-order valence-corrected chi connectivity index (χ2v) is 12.4. The van der Waals surface area contributed by atoms with Gasteiger partial charge in [0.1, 0.15) is 17.9 Å². The highest BCUT2D eigenvalue weighted by molar-refractivity contribution is 7.91. The second-order valence-electron chi connectivity index (χ2n) is 10.1. The molecule has 2 amide bonds. The van der Waals surface area contributed by atoms with Gasteiger partial charge in [-0.1, -0.05) is 32.1 Å². The van der Waals surface area contributed by atoms with Crippen LogP contribution in [0.25, 0.3) is 0 Å². The quantitative estimate of drug-likeness (QED) is 0.391. The van der Waals surface area contributed by atoms with Gasteiger partial charge in [-0.05, 0) is 56.4 Å². The zero-order valence-electron chi connectivity index (χ0n) is 21.4. The molecule has 2 atom stereocenters. The molecule has 3 N–H and O–H groups in total. The number of hydrogen-bond donors (Lipinski definition) is 3. The van der Waals surface area contributed by atoms with Gasteiger partial charge in [0.2, 0.25) is 5.91 Å². The molecule has 3 rings (SSSR count). The van der Waals surface area contributed by atoms with E-state index in [-0.39, 0.29) is 42.0 Å². The Morgan fingerprint density at radius 3 is 2.24 bits per heavy atom. The lowest BCUT2D eigenvalue weighted by molar-refractivity contribution is -0.274. The Hall–Kier alpha value is -2.70. The number of halogens is 3. The molecule has 1 aliphatic carbocycles. The predicted molar refractivity (Wildman–Crippen MR) is 135 cm³/mol. The van der Waals surface area contributed by atoms with Crippen LogP contribution in [0.2, 0.25) is 0 Å². The van der Waals surface area contributed by atoms with Crippen molar-refractivity contribution in [2.24, 2.45) is 5.92 Å². The van der Waals surface area contributed by atoms with Crippen molar-refractivity contribution in [2.75, 3.05) is 23.4 Å². The van der Waals surface area contributed by atoms with Gasteiger partial charge >= 0.3 is 12.5 Å². The molecule has 0 radical (unpaired) electrons. The fraction of sp³-hybridized carbons (Fsp3) is 0.680. The molecule has 214 valence electrons. The van der Waals surface area contributed by atoms with Crippen LogP contribution in [0.5, 0.6) is 5.75 Å². The van der Waals surface area contributed by atoms with Crippen LogP contribution >= 0.6 is 0 Å². The Bertz CT molecular complexity index is 1020. The van der Waals surface area contributed by atoms with E-state index in [1.807, 2.05) is 0 Å². The molecular formula is C25H36F3N3O6S. The molecule has 2 fully saturated rings. The molecule has 1 saturated carbocycles. The molecule has 0 unspecified atom stereocenters. The van der Waals surface area contributed by atoms with Gasteiger partial charge < -0.3 is 25.4 Å². The zero-order valence-corrected chi connectivity index (χ0v) is 22.2. The maximum Gasteiger partial charge on any atom is 0.573 e. The van der Waals surface area contributed by atoms with Gasteiger partial charge in [-0.2, -0.15) is 0 Å². The Morgan fingerprint density at radius 1 is 1.00 bits per heavy atom. The monoisotopic (exact) mass is 563 g/mol. The molecule has 38 heavy (non-hydrogen) atoms. The third-order valence-electron chi connectivity index (χ3n) is 6.77. The molecule has 1 aliphatic heterocycles. The summed E-state index contributed by atoms with van der Waals surface area (Å²) in [5.74, 6) is -0.450. The third kappa shape index (κ3) is 10.6. The van der Waals surface area contributed by atoms with E-state index in [4.69, 9.17) is 4.74 Å². The molecule has 0 spiro atoms. The van der Waals surface area contributed by atoms with Gasteiger partial charge in [0.25, 0.3) is 0 Å². The number of carbonyl (C=O) groups excluding carboxylic acids is 2. The highest BCUT2D eigenvalue weighted by Gasteiger charge is 2.32. The van der Waals surface area contributed by atoms with Crippen LogP contribution in [0.1, 0.15) is 58.3 Å². The first-order valence-corrected chi connectivity index (χ1v) is 14.8. The number of carbonyl (C=O) groups is 2. The lowest BCUT2D eigenvalue weighted by atomic mass is 9.84. The van der Waals surface area contributed by atoms with Crippen molar-refractivity contribution in [1.29, 1.82) is 0 Å². The van der Waals surface area contributed by atoms with E-state index in [9.17, 15) is 31.2 Å². The molecule has 0 aromatic heterocycles. The Morgan fingerprint density at radius 2 is 1.63 bits per heavy atom. The minimum absolute atomic E-state index is 0.0282. The Kier molecular flexibility index (Phi) is 10.5. The van der Waals surface area contributed by atoms with Gasteiger partial charge in [0.15, 0.2) is 9.84 Å². The second kappa shape index (κ2) is 13.4. The van der Waals surface area contributed by atoms with E-state index in [1.165, 1.54) is 24.3 Å². The molecule has 1 saturated heterocycles. The summed E-state index contributed by atoms with van der Waals surface area (Å²) in [6.45, 7) is 2.06. The summed E-state index contributed by atoms with van der Waals surface area (Å²) in [7, 11) is -3.09. The molecule has 1 heterocycles. The van der Waals surface area contributed by atoms with Crippen LogP contribution in [0.3, 0.4) is 0 Å². The van der Waals surface area contributed by atoms with Crippen LogP contribution in [-0.2, 0) is 19.4 Å². The highest BCUT2D eigenvalue weighted by atomic mass is 32.2. The van der Waals surface area contributed by atoms with Gasteiger partial charge in [-0.25, -0.2) is 13.2 Å². The van der Waals surface area contributed by atoms with Crippen molar-refractivity contribution < 1.29 is 40.7 Å². The van der Waals surface area contributed by atoms with Crippen LogP contribution in [0.15, 0.2) is 24.3 Å². The average Bonchev–Trinajstić information content (AvgIpc) is 2.84. The van der Waals surface area contributed by atoms with E-state index in [0.29, 0.717) is 24.6 Å². The van der Waals surface area contributed by atoms with Crippen LogP contribution in [-0.4, -0.2) is 63.0 Å². The zero-order chi connectivity index (χ0) is 27.8. The van der Waals surface area contributed by atoms with Crippen molar-refractivity contribution in [2.45, 2.75) is 82.8 Å². The van der Waals surface area contributed by atoms with E-state index in [1.54, 1.807) is 6.92 Å². The number of benzene rings is 1. The molecule has 13 heteroatoms. The molecule has 1 aromatic carbocycles. The highest BCUT2D eigenvalue weighted by Crippen LogP contribution is 2.28. The first-order valence-electron chi connectivity index (χ1n) is 13.0. The van der Waals surface area contributed by atoms with Gasteiger partial charge in [0.05, 0.1) is 11.5 Å². The number of sulfone groups is 1. The summed E-state index contributed by atoms with van der Waals surface area (Å²) >= 11 is 0. The van der Waals surface area contributed by atoms with Crippen LogP contribution in [0.4, 0.5) is 23.7 Å². The van der Waals surface area contributed by atoms with Crippen LogP contribution < -0.4 is 20.7 Å². The lowest BCUT2D eigenvalue weighted by Crippen LogP contribution is -2.51. The SMILES string of the molecule is C[C@@H](CNc1ccc(OC(F)(F)F)cc1)NC(=O)[C@H](CC1CCCCC1)NC(=O)OC1CCS(=O)(=O)CC1. The number of alkyl carbamates (subject to hydrolysis) is 1. The third-order valence-corrected chi connectivity index (χ3v) is 8.48. The number of anilines is 1. The molecule has 0 bridgehead atoms. The first-order chi connectivity index (χ1) is 17.9. The topological polar surface area (TPSA) is 123 Å². The number of alkyl halides is 3. The summed E-state index contributed by atoms with van der Waals surface area (Å²) in [6, 6.07) is 4.10. The number of hydrogen-bond acceptors (Lipinski definition) is 7. The van der Waals surface area contributed by atoms with E-state index < -0.39 is 34.4 Å². The normalized spacial score (nSPS) is 20.1. The maximum absolute atomic E-state index is 13.1. The molecule has 1 aromatic rings. The standard InChI is InChI=1S/C25H36F3N3O6S/c1-17(16-29-19-7-9-21(10-8-19)37-25(26,27)28)30-23(32)22(15-18-5-3-2-4-6-18)31-24(33)36-20-11-13-38(34,35)14-12-20/h7-10,17-18,20,22,29H,2-6,11-16H2,1H3,(H,30,32)(H,31,33)/t17-,22-/m0/s1. The Labute approximate surface area is 221 Å². The minimum atomic E-state index is -4.76. The van der Waals surface area contributed by atoms with Crippen molar-refractivity contribution in [3.8, 4) is 5.75 Å². The smallest absolute Gasteiger partial charge is 0.446 e. The Balaban J connectivity index is 1.51. The average molecular weight is 564 g/mol. The number of ether oxygens (including phenoxy) is 2. The number of rotatable bonds is 10. The van der Waals surface area contributed by atoms with E-state index in [2.05, 4.69) is 20.7 Å². The molecular weight excluding hydrogens is 527 g/mol. The van der Waals surface area contributed by atoms with Crippen molar-refractivity contribution >= 4 is 27.5 Å². The van der Waals surface area contributed by atoms with Gasteiger partial charge in [0, 0.05) is 18.3 Å². The molecule has 2 aliphatic rings. The van der Waals surface area contributed by atoms with Crippen molar-refractivity contribution in [3.63, 3.8) is 0 Å². The molecule has 9 nitrogen and oxygen atoms in total. The maximum atomic E-state index is 13.1. The number of nitrogens with one attached hydrogen (secondary N) is 3. The lowest BCUT2D eigenvalue weighted by Gasteiger charge is -2.28. The van der Waals surface area contributed by atoms with E-state index >= 15 is 0 Å². The summed E-state index contributed by atoms with van der Waals surface area (Å²) in [6.07, 6.45) is 0.200. The van der Waals surface area contributed by atoms with Crippen LogP contribution in [0, 0.1) is 5.92 Å². The largest absolute Gasteiger partial charge is 0.573 e. The summed E-state index contributed by atoms with van der Waals surface area (Å²) in [4.78, 5) is 25.7. The fourth-order valence-electron chi connectivity index (χ4n) is 4.74. The minimum Gasteiger partial charge on any atom is -0.446 e. The fourth-order valence-corrected chi connectivity index (χ4v) is 6.19. The predicted octanol–water partition coefficient (Wildman–Crippen LogP) is 4.14. The van der Waals surface area contributed by atoms with E-state index in [0.717, 1.165) is 32.1 Å². The van der Waals surface area contributed by atoms with Crippen molar-refractivity contribution in [3.05, 3.63) is 24.3 Å². The van der Waals surface area contributed by atoms with Gasteiger partial charge in [-0.15, -0.1) is 13.2 Å². The summed E-state index contributed by atoms with van der Waals surface area (Å²) in [5.41, 5.74) is 0.551. The first kappa shape index (κ1) is 29.9. The summed E-state index contributed by atoms with van der Waals surface area (Å²) in [5, 5.41) is 8.61. The van der Waals surface area contributed by atoms with Crippen molar-refractivity contribution in [1.82, 2.24) is 10.6 Å². The summed E-state index contributed by atoms with van der Waals surface area (Å²) < 4.78 is 69.5. The van der Waals surface area contributed by atoms with Gasteiger partial charge in [-0.3, -0.25) is 4.79 Å². The number of amides is 2.